The molecule has 0 unspecified atom stereocenters. The number of carbonyl (C=O) groups excluding carboxylic acids is 1. The summed E-state index contributed by atoms with van der Waals surface area (Å²) in [7, 11) is 1.75. The molecule has 2 aromatic rings. The predicted octanol–water partition coefficient (Wildman–Crippen LogP) is 2.05. The molecule has 0 spiro atoms. The first-order valence-corrected chi connectivity index (χ1v) is 6.09. The number of aryl methyl sites for hydroxylation is 1. The summed E-state index contributed by atoms with van der Waals surface area (Å²) in [6.45, 7) is 0.852. The SMILES string of the molecule is Cn1cc(C(=O)OCCCOc2ccccc2)cn1. The minimum absolute atomic E-state index is 0.334. The van der Waals surface area contributed by atoms with Gasteiger partial charge in [0.05, 0.1) is 25.0 Å². The second kappa shape index (κ2) is 6.58. The maximum absolute atomic E-state index is 11.6. The van der Waals surface area contributed by atoms with Crippen LogP contribution in [0.2, 0.25) is 0 Å². The van der Waals surface area contributed by atoms with E-state index in [9.17, 15) is 4.79 Å². The Kier molecular flexibility index (Phi) is 4.55. The van der Waals surface area contributed by atoms with Crippen molar-refractivity contribution in [2.45, 2.75) is 6.42 Å². The van der Waals surface area contributed by atoms with Crippen molar-refractivity contribution in [3.63, 3.8) is 0 Å². The summed E-state index contributed by atoms with van der Waals surface area (Å²) in [6.07, 6.45) is 3.77. The number of esters is 1. The Morgan fingerprint density at radius 1 is 1.26 bits per heavy atom. The number of para-hydroxylation sites is 1. The van der Waals surface area contributed by atoms with Gasteiger partial charge in [0.25, 0.3) is 0 Å². The molecular weight excluding hydrogens is 244 g/mol. The van der Waals surface area contributed by atoms with E-state index in [0.717, 1.165) is 5.75 Å². The quantitative estimate of drug-likeness (QED) is 0.589. The van der Waals surface area contributed by atoms with E-state index in [1.54, 1.807) is 17.9 Å². The normalized spacial score (nSPS) is 10.2. The lowest BCUT2D eigenvalue weighted by molar-refractivity contribution is 0.0486. The molecule has 0 fully saturated rings. The third-order valence-electron chi connectivity index (χ3n) is 2.47. The number of carbonyl (C=O) groups is 1. The minimum atomic E-state index is -0.354. The average molecular weight is 260 g/mol. The van der Waals surface area contributed by atoms with Gasteiger partial charge in [-0.3, -0.25) is 4.68 Å². The van der Waals surface area contributed by atoms with E-state index < -0.39 is 0 Å². The topological polar surface area (TPSA) is 53.4 Å². The standard InChI is InChI=1S/C14H16N2O3/c1-16-11-12(10-15-16)14(17)19-9-5-8-18-13-6-3-2-4-7-13/h2-4,6-7,10-11H,5,8-9H2,1H3. The summed E-state index contributed by atoms with van der Waals surface area (Å²) in [4.78, 5) is 11.6. The van der Waals surface area contributed by atoms with Crippen molar-refractivity contribution in [1.29, 1.82) is 0 Å². The van der Waals surface area contributed by atoms with Crippen LogP contribution in [-0.2, 0) is 11.8 Å². The molecule has 0 N–H and O–H groups in total. The molecule has 0 aliphatic heterocycles. The van der Waals surface area contributed by atoms with E-state index in [0.29, 0.717) is 25.2 Å². The largest absolute Gasteiger partial charge is 0.493 e. The van der Waals surface area contributed by atoms with Gasteiger partial charge in [0.2, 0.25) is 0 Å². The maximum Gasteiger partial charge on any atom is 0.341 e. The summed E-state index contributed by atoms with van der Waals surface area (Å²) >= 11 is 0. The molecule has 100 valence electrons. The molecule has 1 aromatic carbocycles. The molecule has 1 heterocycles. The molecule has 19 heavy (non-hydrogen) atoms. The van der Waals surface area contributed by atoms with Crippen LogP contribution >= 0.6 is 0 Å². The zero-order valence-corrected chi connectivity index (χ0v) is 10.8. The lowest BCUT2D eigenvalue weighted by Gasteiger charge is -2.06. The molecule has 0 radical (unpaired) electrons. The van der Waals surface area contributed by atoms with Crippen LogP contribution in [0.15, 0.2) is 42.7 Å². The Hall–Kier alpha value is -2.30. The van der Waals surface area contributed by atoms with E-state index in [2.05, 4.69) is 5.10 Å². The smallest absolute Gasteiger partial charge is 0.341 e. The van der Waals surface area contributed by atoms with Crippen LogP contribution in [0.4, 0.5) is 0 Å². The number of aromatic nitrogens is 2. The molecule has 0 amide bonds. The summed E-state index contributed by atoms with van der Waals surface area (Å²) in [5.74, 6) is 0.467. The Balaban J connectivity index is 1.63. The minimum Gasteiger partial charge on any atom is -0.493 e. The number of nitrogens with zero attached hydrogens (tertiary/aromatic N) is 2. The van der Waals surface area contributed by atoms with E-state index in [1.165, 1.54) is 6.20 Å². The molecule has 1 aromatic heterocycles. The summed E-state index contributed by atoms with van der Waals surface area (Å²) < 4.78 is 12.2. The molecule has 0 atom stereocenters. The number of benzene rings is 1. The van der Waals surface area contributed by atoms with Crippen molar-refractivity contribution in [3.05, 3.63) is 48.3 Å². The second-order valence-electron chi connectivity index (χ2n) is 4.05. The number of hydrogen-bond acceptors (Lipinski definition) is 4. The van der Waals surface area contributed by atoms with Gasteiger partial charge in [-0.15, -0.1) is 0 Å². The van der Waals surface area contributed by atoms with E-state index >= 15 is 0 Å². The fraction of sp³-hybridized carbons (Fsp3) is 0.286. The molecular formula is C14H16N2O3. The summed E-state index contributed by atoms with van der Waals surface area (Å²) in [5.41, 5.74) is 0.464. The molecule has 5 heteroatoms. The highest BCUT2D eigenvalue weighted by Crippen LogP contribution is 2.08. The average Bonchev–Trinajstić information content (AvgIpc) is 2.86. The molecule has 5 nitrogen and oxygen atoms in total. The van der Waals surface area contributed by atoms with E-state index in [1.807, 2.05) is 30.3 Å². The van der Waals surface area contributed by atoms with Crippen molar-refractivity contribution >= 4 is 5.97 Å². The molecule has 0 aliphatic carbocycles. The van der Waals surface area contributed by atoms with Gasteiger partial charge in [0, 0.05) is 19.7 Å². The first-order valence-electron chi connectivity index (χ1n) is 6.09. The third-order valence-corrected chi connectivity index (χ3v) is 2.47. The van der Waals surface area contributed by atoms with Crippen molar-refractivity contribution in [1.82, 2.24) is 9.78 Å². The zero-order valence-electron chi connectivity index (χ0n) is 10.8. The first-order chi connectivity index (χ1) is 9.25. The second-order valence-corrected chi connectivity index (χ2v) is 4.05. The fourth-order valence-electron chi connectivity index (χ4n) is 1.54. The molecule has 0 bridgehead atoms. The number of ether oxygens (including phenoxy) is 2. The van der Waals surface area contributed by atoms with Crippen LogP contribution in [0.3, 0.4) is 0 Å². The molecule has 0 saturated heterocycles. The third kappa shape index (κ3) is 4.13. The highest BCUT2D eigenvalue weighted by Gasteiger charge is 2.08. The van der Waals surface area contributed by atoms with Crippen LogP contribution in [0.1, 0.15) is 16.8 Å². The lowest BCUT2D eigenvalue weighted by Crippen LogP contribution is -2.08. The van der Waals surface area contributed by atoms with Gasteiger partial charge in [0.15, 0.2) is 0 Å². The van der Waals surface area contributed by atoms with Gasteiger partial charge in [-0.2, -0.15) is 5.10 Å². The highest BCUT2D eigenvalue weighted by atomic mass is 16.5. The molecule has 2 rings (SSSR count). The van der Waals surface area contributed by atoms with Gasteiger partial charge in [-0.1, -0.05) is 18.2 Å². The van der Waals surface area contributed by atoms with Crippen LogP contribution in [-0.4, -0.2) is 29.0 Å². The maximum atomic E-state index is 11.6. The van der Waals surface area contributed by atoms with Crippen molar-refractivity contribution in [2.75, 3.05) is 13.2 Å². The van der Waals surface area contributed by atoms with Gasteiger partial charge >= 0.3 is 5.97 Å². The Labute approximate surface area is 111 Å². The Bertz CT molecular complexity index is 522. The number of rotatable bonds is 6. The fourth-order valence-corrected chi connectivity index (χ4v) is 1.54. The Morgan fingerprint density at radius 3 is 2.74 bits per heavy atom. The van der Waals surface area contributed by atoms with Crippen molar-refractivity contribution in [3.8, 4) is 5.75 Å². The number of hydrogen-bond donors (Lipinski definition) is 0. The first kappa shape index (κ1) is 13.1. The lowest BCUT2D eigenvalue weighted by atomic mass is 10.3. The van der Waals surface area contributed by atoms with Crippen molar-refractivity contribution in [2.24, 2.45) is 7.05 Å². The summed E-state index contributed by atoms with van der Waals surface area (Å²) in [6, 6.07) is 9.54. The van der Waals surface area contributed by atoms with E-state index in [-0.39, 0.29) is 5.97 Å². The highest BCUT2D eigenvalue weighted by molar-refractivity contribution is 5.88. The van der Waals surface area contributed by atoms with Crippen LogP contribution in [0.5, 0.6) is 5.75 Å². The predicted molar refractivity (Wildman–Crippen MR) is 70.0 cm³/mol. The molecule has 0 aliphatic rings. The molecule has 0 saturated carbocycles. The summed E-state index contributed by atoms with van der Waals surface area (Å²) in [5, 5.41) is 3.91. The zero-order chi connectivity index (χ0) is 13.5. The van der Waals surface area contributed by atoms with Gasteiger partial charge < -0.3 is 9.47 Å². The Morgan fingerprint density at radius 2 is 2.05 bits per heavy atom. The van der Waals surface area contributed by atoms with Gasteiger partial charge in [0.1, 0.15) is 5.75 Å². The van der Waals surface area contributed by atoms with Crippen LogP contribution in [0.25, 0.3) is 0 Å². The van der Waals surface area contributed by atoms with Crippen LogP contribution in [0, 0.1) is 0 Å². The van der Waals surface area contributed by atoms with Gasteiger partial charge in [-0.05, 0) is 12.1 Å². The van der Waals surface area contributed by atoms with Gasteiger partial charge in [-0.25, -0.2) is 4.79 Å². The van der Waals surface area contributed by atoms with Crippen molar-refractivity contribution < 1.29 is 14.3 Å². The van der Waals surface area contributed by atoms with Crippen LogP contribution < -0.4 is 4.74 Å². The monoisotopic (exact) mass is 260 g/mol. The van der Waals surface area contributed by atoms with E-state index in [4.69, 9.17) is 9.47 Å².